The zero-order valence-electron chi connectivity index (χ0n) is 7.90. The first-order valence-corrected chi connectivity index (χ1v) is 4.40. The van der Waals surface area contributed by atoms with Gasteiger partial charge in [-0.1, -0.05) is 18.1 Å². The highest BCUT2D eigenvalue weighted by molar-refractivity contribution is 5.82. The Balaban J connectivity index is 2.59. The minimum atomic E-state index is -0.403. The molecule has 0 saturated heterocycles. The van der Waals surface area contributed by atoms with Gasteiger partial charge in [-0.25, -0.2) is 4.79 Å². The fourth-order valence-electron chi connectivity index (χ4n) is 1.30. The number of hydrogen-bond acceptors (Lipinski definition) is 3. The standard InChI is InChI=1S/C12H8O3/c1-2-8-14-10-5-3-4-9-6-7-11(13)15-12(9)10/h1,3-7H,8H2. The van der Waals surface area contributed by atoms with E-state index in [0.29, 0.717) is 11.3 Å². The van der Waals surface area contributed by atoms with Gasteiger partial charge in [0.05, 0.1) is 0 Å². The van der Waals surface area contributed by atoms with E-state index < -0.39 is 5.63 Å². The fraction of sp³-hybridized carbons (Fsp3) is 0.0833. The van der Waals surface area contributed by atoms with Gasteiger partial charge in [0.1, 0.15) is 6.61 Å². The fourth-order valence-corrected chi connectivity index (χ4v) is 1.30. The number of hydrogen-bond donors (Lipinski definition) is 0. The molecule has 74 valence electrons. The van der Waals surface area contributed by atoms with E-state index in [2.05, 4.69) is 5.92 Å². The van der Waals surface area contributed by atoms with Gasteiger partial charge in [-0.2, -0.15) is 0 Å². The van der Waals surface area contributed by atoms with Crippen LogP contribution in [0.1, 0.15) is 0 Å². The van der Waals surface area contributed by atoms with Gasteiger partial charge in [0, 0.05) is 11.5 Å². The number of para-hydroxylation sites is 1. The van der Waals surface area contributed by atoms with E-state index in [1.54, 1.807) is 12.1 Å². The molecule has 0 amide bonds. The third-order valence-electron chi connectivity index (χ3n) is 1.92. The van der Waals surface area contributed by atoms with Gasteiger partial charge in [0.15, 0.2) is 11.3 Å². The number of ether oxygens (including phenoxy) is 1. The lowest BCUT2D eigenvalue weighted by Gasteiger charge is -2.04. The summed E-state index contributed by atoms with van der Waals surface area (Å²) in [4.78, 5) is 11.0. The highest BCUT2D eigenvalue weighted by Gasteiger charge is 2.03. The average Bonchev–Trinajstić information content (AvgIpc) is 2.26. The molecule has 1 aromatic carbocycles. The second-order valence-corrected chi connectivity index (χ2v) is 2.92. The molecule has 0 unspecified atom stereocenters. The third kappa shape index (κ3) is 1.84. The lowest BCUT2D eigenvalue weighted by Crippen LogP contribution is -1.98. The van der Waals surface area contributed by atoms with Crippen LogP contribution >= 0.6 is 0 Å². The summed E-state index contributed by atoms with van der Waals surface area (Å²) in [6.07, 6.45) is 5.08. The predicted octanol–water partition coefficient (Wildman–Crippen LogP) is 1.80. The van der Waals surface area contributed by atoms with Gasteiger partial charge in [-0.15, -0.1) is 6.42 Å². The molecule has 0 aliphatic carbocycles. The summed E-state index contributed by atoms with van der Waals surface area (Å²) in [5, 5.41) is 0.809. The maximum absolute atomic E-state index is 11.0. The van der Waals surface area contributed by atoms with Gasteiger partial charge in [-0.3, -0.25) is 0 Å². The molecule has 1 heterocycles. The lowest BCUT2D eigenvalue weighted by molar-refractivity contribution is 0.365. The number of rotatable bonds is 2. The Morgan fingerprint density at radius 2 is 2.20 bits per heavy atom. The smallest absolute Gasteiger partial charge is 0.336 e. The first-order chi connectivity index (χ1) is 7.31. The van der Waals surface area contributed by atoms with Crippen molar-refractivity contribution in [2.75, 3.05) is 6.61 Å². The molecule has 0 aliphatic heterocycles. The highest BCUT2D eigenvalue weighted by Crippen LogP contribution is 2.23. The zero-order chi connectivity index (χ0) is 10.7. The first kappa shape index (κ1) is 9.35. The van der Waals surface area contributed by atoms with Crippen molar-refractivity contribution in [3.63, 3.8) is 0 Å². The second kappa shape index (κ2) is 3.89. The first-order valence-electron chi connectivity index (χ1n) is 4.40. The minimum Gasteiger partial charge on any atom is -0.477 e. The Kier molecular flexibility index (Phi) is 2.42. The van der Waals surface area contributed by atoms with Crippen molar-refractivity contribution < 1.29 is 9.15 Å². The van der Waals surface area contributed by atoms with E-state index >= 15 is 0 Å². The quantitative estimate of drug-likeness (QED) is 0.548. The molecule has 0 fully saturated rings. The molecule has 2 rings (SSSR count). The zero-order valence-corrected chi connectivity index (χ0v) is 7.90. The molecular formula is C12H8O3. The summed E-state index contributed by atoms with van der Waals surface area (Å²) in [5.41, 5.74) is 0.0273. The van der Waals surface area contributed by atoms with E-state index in [9.17, 15) is 4.79 Å². The molecule has 2 aromatic rings. The predicted molar refractivity (Wildman–Crippen MR) is 56.8 cm³/mol. The Morgan fingerprint density at radius 1 is 1.33 bits per heavy atom. The molecule has 3 nitrogen and oxygen atoms in total. The van der Waals surface area contributed by atoms with Gasteiger partial charge in [-0.05, 0) is 12.1 Å². The maximum atomic E-state index is 11.0. The summed E-state index contributed by atoms with van der Waals surface area (Å²) in [6.45, 7) is 0.151. The Labute approximate surface area is 86.3 Å². The highest BCUT2D eigenvalue weighted by atomic mass is 16.5. The molecule has 1 aromatic heterocycles. The van der Waals surface area contributed by atoms with Crippen molar-refractivity contribution in [3.8, 4) is 18.1 Å². The summed E-state index contributed by atoms with van der Waals surface area (Å²) >= 11 is 0. The molecule has 0 aliphatic rings. The Hall–Kier alpha value is -2.21. The number of terminal acetylenes is 1. The van der Waals surface area contributed by atoms with Gasteiger partial charge < -0.3 is 9.15 Å². The van der Waals surface area contributed by atoms with Crippen molar-refractivity contribution >= 4 is 11.0 Å². The minimum absolute atomic E-state index is 0.151. The van der Waals surface area contributed by atoms with Crippen molar-refractivity contribution in [1.29, 1.82) is 0 Å². The Morgan fingerprint density at radius 3 is 3.00 bits per heavy atom. The van der Waals surface area contributed by atoms with Crippen LogP contribution < -0.4 is 10.4 Å². The van der Waals surface area contributed by atoms with Crippen LogP contribution in [0.3, 0.4) is 0 Å². The monoisotopic (exact) mass is 200 g/mol. The van der Waals surface area contributed by atoms with Crippen LogP contribution in [-0.4, -0.2) is 6.61 Å². The molecule has 0 spiro atoms. The summed E-state index contributed by atoms with van der Waals surface area (Å²) in [7, 11) is 0. The van der Waals surface area contributed by atoms with Gasteiger partial charge >= 0.3 is 5.63 Å². The van der Waals surface area contributed by atoms with E-state index in [4.69, 9.17) is 15.6 Å². The van der Waals surface area contributed by atoms with E-state index in [1.165, 1.54) is 6.07 Å². The molecule has 0 radical (unpaired) electrons. The average molecular weight is 200 g/mol. The van der Waals surface area contributed by atoms with Gasteiger partial charge in [0.2, 0.25) is 0 Å². The van der Waals surface area contributed by atoms with Crippen LogP contribution in [-0.2, 0) is 0 Å². The van der Waals surface area contributed by atoms with Crippen molar-refractivity contribution in [3.05, 3.63) is 40.8 Å². The summed E-state index contributed by atoms with van der Waals surface area (Å²) in [5.74, 6) is 2.84. The second-order valence-electron chi connectivity index (χ2n) is 2.92. The summed E-state index contributed by atoms with van der Waals surface area (Å²) in [6, 6.07) is 8.41. The third-order valence-corrected chi connectivity index (χ3v) is 1.92. The van der Waals surface area contributed by atoms with Crippen LogP contribution in [0.15, 0.2) is 39.5 Å². The number of benzene rings is 1. The SMILES string of the molecule is C#CCOc1cccc2ccc(=O)oc12. The Bertz CT molecular complexity index is 575. The van der Waals surface area contributed by atoms with Crippen molar-refractivity contribution in [2.45, 2.75) is 0 Å². The van der Waals surface area contributed by atoms with Crippen molar-refractivity contribution in [2.24, 2.45) is 0 Å². The molecule has 0 saturated carbocycles. The van der Waals surface area contributed by atoms with Crippen molar-refractivity contribution in [1.82, 2.24) is 0 Å². The van der Waals surface area contributed by atoms with Crippen LogP contribution in [0.4, 0.5) is 0 Å². The van der Waals surface area contributed by atoms with Crippen LogP contribution in [0.2, 0.25) is 0 Å². The van der Waals surface area contributed by atoms with Crippen LogP contribution in [0.25, 0.3) is 11.0 Å². The molecule has 3 heteroatoms. The van der Waals surface area contributed by atoms with Gasteiger partial charge in [0.25, 0.3) is 0 Å². The largest absolute Gasteiger partial charge is 0.477 e. The molecule has 15 heavy (non-hydrogen) atoms. The maximum Gasteiger partial charge on any atom is 0.336 e. The normalized spacial score (nSPS) is 9.80. The van der Waals surface area contributed by atoms with Crippen LogP contribution in [0.5, 0.6) is 5.75 Å². The van der Waals surface area contributed by atoms with E-state index in [0.717, 1.165) is 5.39 Å². The summed E-state index contributed by atoms with van der Waals surface area (Å²) < 4.78 is 10.3. The molecule has 0 bridgehead atoms. The molecular weight excluding hydrogens is 192 g/mol. The number of fused-ring (bicyclic) bond motifs is 1. The topological polar surface area (TPSA) is 39.4 Å². The molecule has 0 atom stereocenters. The van der Waals surface area contributed by atoms with E-state index in [-0.39, 0.29) is 6.61 Å². The van der Waals surface area contributed by atoms with E-state index in [1.807, 2.05) is 12.1 Å². The lowest BCUT2D eigenvalue weighted by atomic mass is 10.2. The molecule has 0 N–H and O–H groups in total. The van der Waals surface area contributed by atoms with Crippen LogP contribution in [0, 0.1) is 12.3 Å².